The molecule has 0 spiro atoms. The predicted octanol–water partition coefficient (Wildman–Crippen LogP) is 3.93. The molecule has 0 aromatic heterocycles. The van der Waals surface area contributed by atoms with Crippen LogP contribution < -0.4 is 0 Å². The van der Waals surface area contributed by atoms with Gasteiger partial charge in [0.2, 0.25) is 0 Å². The fourth-order valence-corrected chi connectivity index (χ4v) is 5.71. The first-order valence-corrected chi connectivity index (χ1v) is 12.0. The van der Waals surface area contributed by atoms with Gasteiger partial charge in [-0.1, -0.05) is 41.5 Å². The Labute approximate surface area is 187 Å². The first kappa shape index (κ1) is 25.1. The molecular weight excluding hydrogens is 400 g/mol. The lowest BCUT2D eigenvalue weighted by Gasteiger charge is -2.51. The normalized spacial score (nSPS) is 34.9. The number of hydrogen-bond donors (Lipinski definition) is 0. The van der Waals surface area contributed by atoms with E-state index in [4.69, 9.17) is 28.4 Å². The Bertz CT molecular complexity index is 621. The van der Waals surface area contributed by atoms with Gasteiger partial charge in [0.05, 0.1) is 44.6 Å². The number of carbonyl (C=O) groups excluding carboxylic acids is 1. The van der Waals surface area contributed by atoms with E-state index in [0.29, 0.717) is 32.8 Å². The van der Waals surface area contributed by atoms with E-state index < -0.39 is 17.4 Å². The lowest BCUT2D eigenvalue weighted by Crippen LogP contribution is -2.59. The van der Waals surface area contributed by atoms with Crippen LogP contribution in [0.4, 0.5) is 0 Å². The molecule has 0 amide bonds. The van der Waals surface area contributed by atoms with Gasteiger partial charge in [-0.3, -0.25) is 4.79 Å². The van der Waals surface area contributed by atoms with Gasteiger partial charge in [-0.15, -0.1) is 0 Å². The highest BCUT2D eigenvalue weighted by Gasteiger charge is 2.54. The van der Waals surface area contributed by atoms with Crippen molar-refractivity contribution in [1.29, 1.82) is 0 Å². The fraction of sp³-hybridized carbons (Fsp3) is 0.958. The van der Waals surface area contributed by atoms with Crippen molar-refractivity contribution in [2.24, 2.45) is 23.7 Å². The van der Waals surface area contributed by atoms with Crippen LogP contribution in [-0.4, -0.2) is 61.8 Å². The molecule has 31 heavy (non-hydrogen) atoms. The van der Waals surface area contributed by atoms with Gasteiger partial charge in [0, 0.05) is 17.8 Å². The molecule has 3 rings (SSSR count). The summed E-state index contributed by atoms with van der Waals surface area (Å²) in [5, 5.41) is 0. The van der Waals surface area contributed by atoms with Crippen molar-refractivity contribution < 1.29 is 33.2 Å². The van der Waals surface area contributed by atoms with E-state index in [1.54, 1.807) is 0 Å². The Hall–Kier alpha value is -0.570. The minimum Gasteiger partial charge on any atom is -0.347 e. The monoisotopic (exact) mass is 442 g/mol. The third kappa shape index (κ3) is 4.59. The van der Waals surface area contributed by atoms with E-state index in [1.807, 2.05) is 34.6 Å². The average Bonchev–Trinajstić information content (AvgIpc) is 3.43. The molecule has 7 heteroatoms. The van der Waals surface area contributed by atoms with Gasteiger partial charge in [0.15, 0.2) is 17.4 Å². The molecule has 3 aliphatic rings. The summed E-state index contributed by atoms with van der Waals surface area (Å²) in [6, 6.07) is 0. The quantitative estimate of drug-likeness (QED) is 0.564. The molecule has 6 atom stereocenters. The first-order chi connectivity index (χ1) is 14.5. The second kappa shape index (κ2) is 9.35. The Kier molecular flexibility index (Phi) is 7.56. The number of ketones is 1. The standard InChI is InChI=1S/C24H42O7/c1-9-23(26-11-12-27-23)17(5)19(25)15(3)20-16(4)21(31-22(7,8)30-20)18(6)24(10-2)28-13-14-29-24/h15-18,20-21H,9-14H2,1-8H3/t15-,16+,17?,18+,20-,21-/m1/s1. The molecule has 1 unspecified atom stereocenters. The molecule has 0 aliphatic carbocycles. The average molecular weight is 443 g/mol. The molecule has 0 aromatic carbocycles. The minimum atomic E-state index is -0.834. The predicted molar refractivity (Wildman–Crippen MR) is 115 cm³/mol. The first-order valence-electron chi connectivity index (χ1n) is 12.0. The molecule has 3 heterocycles. The summed E-state index contributed by atoms with van der Waals surface area (Å²) in [5.41, 5.74) is 0. The van der Waals surface area contributed by atoms with E-state index in [2.05, 4.69) is 20.8 Å². The van der Waals surface area contributed by atoms with Crippen molar-refractivity contribution in [2.45, 2.75) is 97.8 Å². The highest BCUT2D eigenvalue weighted by atomic mass is 16.8. The summed E-state index contributed by atoms with van der Waals surface area (Å²) in [5.74, 6) is -2.95. The molecule has 0 N–H and O–H groups in total. The SMILES string of the molecule is CCC1(C(C)C(=O)[C@@H](C)[C@H]2OC(C)(C)O[C@@H]([C@H](C)C3(CC)OCCO3)[C@H]2C)OCCO1. The van der Waals surface area contributed by atoms with Gasteiger partial charge >= 0.3 is 0 Å². The molecule has 0 saturated carbocycles. The maximum Gasteiger partial charge on any atom is 0.177 e. The van der Waals surface area contributed by atoms with Crippen molar-refractivity contribution in [3.8, 4) is 0 Å². The summed E-state index contributed by atoms with van der Waals surface area (Å²) < 4.78 is 36.6. The van der Waals surface area contributed by atoms with Gasteiger partial charge in [0.25, 0.3) is 0 Å². The van der Waals surface area contributed by atoms with Crippen molar-refractivity contribution in [1.82, 2.24) is 0 Å². The summed E-state index contributed by atoms with van der Waals surface area (Å²) in [4.78, 5) is 13.6. The van der Waals surface area contributed by atoms with Crippen molar-refractivity contribution in [2.75, 3.05) is 26.4 Å². The highest BCUT2D eigenvalue weighted by molar-refractivity contribution is 5.84. The second-order valence-corrected chi connectivity index (χ2v) is 9.85. The molecule has 3 saturated heterocycles. The van der Waals surface area contributed by atoms with Crippen molar-refractivity contribution >= 4 is 5.78 Å². The van der Waals surface area contributed by atoms with E-state index in [1.165, 1.54) is 0 Å². The lowest BCUT2D eigenvalue weighted by atomic mass is 9.75. The van der Waals surface area contributed by atoms with Gasteiger partial charge in [0.1, 0.15) is 5.78 Å². The Balaban J connectivity index is 1.81. The van der Waals surface area contributed by atoms with Gasteiger partial charge < -0.3 is 28.4 Å². The lowest BCUT2D eigenvalue weighted by molar-refractivity contribution is -0.350. The third-order valence-corrected chi connectivity index (χ3v) is 7.63. The van der Waals surface area contributed by atoms with Gasteiger partial charge in [-0.2, -0.15) is 0 Å². The van der Waals surface area contributed by atoms with Crippen LogP contribution in [0, 0.1) is 23.7 Å². The van der Waals surface area contributed by atoms with Crippen LogP contribution in [0.2, 0.25) is 0 Å². The molecule has 0 aromatic rings. The number of ether oxygens (including phenoxy) is 6. The smallest absolute Gasteiger partial charge is 0.177 e. The number of Topliss-reactive ketones (excluding diaryl/α,β-unsaturated/α-hetero) is 1. The minimum absolute atomic E-state index is 0.0103. The Morgan fingerprint density at radius 3 is 1.77 bits per heavy atom. The molecule has 0 radical (unpaired) electrons. The van der Waals surface area contributed by atoms with Crippen LogP contribution in [0.3, 0.4) is 0 Å². The summed E-state index contributed by atoms with van der Waals surface area (Å²) >= 11 is 0. The maximum absolute atomic E-state index is 13.6. The Morgan fingerprint density at radius 1 is 0.839 bits per heavy atom. The molecule has 7 nitrogen and oxygen atoms in total. The van der Waals surface area contributed by atoms with Gasteiger partial charge in [-0.25, -0.2) is 0 Å². The summed E-state index contributed by atoms with van der Waals surface area (Å²) in [7, 11) is 0. The zero-order valence-electron chi connectivity index (χ0n) is 20.6. The fourth-order valence-electron chi connectivity index (χ4n) is 5.71. The third-order valence-electron chi connectivity index (χ3n) is 7.63. The molecule has 180 valence electrons. The van der Waals surface area contributed by atoms with E-state index in [0.717, 1.165) is 6.42 Å². The summed E-state index contributed by atoms with van der Waals surface area (Å²) in [6.45, 7) is 18.2. The van der Waals surface area contributed by atoms with Crippen molar-refractivity contribution in [3.63, 3.8) is 0 Å². The van der Waals surface area contributed by atoms with Crippen LogP contribution in [0.25, 0.3) is 0 Å². The van der Waals surface area contributed by atoms with Crippen LogP contribution in [0.1, 0.15) is 68.2 Å². The van der Waals surface area contributed by atoms with Crippen LogP contribution in [-0.2, 0) is 33.2 Å². The Morgan fingerprint density at radius 2 is 1.29 bits per heavy atom. The topological polar surface area (TPSA) is 72.5 Å². The highest BCUT2D eigenvalue weighted by Crippen LogP contribution is 2.44. The van der Waals surface area contributed by atoms with Crippen LogP contribution in [0.15, 0.2) is 0 Å². The number of rotatable bonds is 8. The van der Waals surface area contributed by atoms with Crippen molar-refractivity contribution in [3.05, 3.63) is 0 Å². The summed E-state index contributed by atoms with van der Waals surface area (Å²) in [6.07, 6.45) is 0.912. The van der Waals surface area contributed by atoms with E-state index >= 15 is 0 Å². The second-order valence-electron chi connectivity index (χ2n) is 9.85. The van der Waals surface area contributed by atoms with Gasteiger partial charge in [-0.05, 0) is 26.7 Å². The van der Waals surface area contributed by atoms with E-state index in [-0.39, 0.29) is 41.7 Å². The molecule has 0 bridgehead atoms. The zero-order valence-corrected chi connectivity index (χ0v) is 20.6. The maximum atomic E-state index is 13.6. The molecular formula is C24H42O7. The number of carbonyl (C=O) groups is 1. The van der Waals surface area contributed by atoms with Crippen LogP contribution >= 0.6 is 0 Å². The largest absolute Gasteiger partial charge is 0.347 e. The molecule has 3 fully saturated rings. The van der Waals surface area contributed by atoms with Crippen LogP contribution in [0.5, 0.6) is 0 Å². The molecule has 3 aliphatic heterocycles. The van der Waals surface area contributed by atoms with E-state index in [9.17, 15) is 4.79 Å². The zero-order chi connectivity index (χ0) is 23.0. The number of hydrogen-bond acceptors (Lipinski definition) is 7.